The maximum Gasteiger partial charge on any atom is 0.138 e. The van der Waals surface area contributed by atoms with Crippen molar-refractivity contribution < 1.29 is 0 Å². The molecule has 0 unspecified atom stereocenters. The summed E-state index contributed by atoms with van der Waals surface area (Å²) in [4.78, 5) is 5.41. The molecule has 5 aromatic heterocycles. The molecule has 0 radical (unpaired) electrons. The highest BCUT2D eigenvalue weighted by Gasteiger charge is 2.23. The quantitative estimate of drug-likeness (QED) is 0.182. The highest BCUT2D eigenvalue weighted by molar-refractivity contribution is 7.26. The number of pyridine rings is 1. The summed E-state index contributed by atoms with van der Waals surface area (Å²) in [7, 11) is 0. The number of nitrogens with zero attached hydrogens (tertiary/aromatic N) is 4. The van der Waals surface area contributed by atoms with Gasteiger partial charge in [0.25, 0.3) is 0 Å². The van der Waals surface area contributed by atoms with Crippen molar-refractivity contribution in [2.75, 3.05) is 0 Å². The van der Waals surface area contributed by atoms with Crippen molar-refractivity contribution in [2.45, 2.75) is 0 Å². The van der Waals surface area contributed by atoms with Crippen LogP contribution in [0.3, 0.4) is 0 Å². The summed E-state index contributed by atoms with van der Waals surface area (Å²) in [5, 5.41) is 19.6. The fraction of sp³-hybridized carbons (Fsp3) is 0. The molecule has 4 nitrogen and oxygen atoms in total. The molecule has 6 heteroatoms. The standard InChI is InChI=1S/C48H26N4S2/c49-26-28-17-19-29(20-18-28)36-25-44(52-38-14-6-2-10-31(38)33-22-24-43-46(48(33)52)35-12-4-8-16-41(35)54-43)50-27-39(36)51-37-13-5-1-9-30(37)32-21-23-42-45(47(32)51)34-11-3-7-15-40(34)53-42/h1-25,27H. The lowest BCUT2D eigenvalue weighted by Gasteiger charge is -2.17. The van der Waals surface area contributed by atoms with Crippen molar-refractivity contribution in [3.63, 3.8) is 0 Å². The molecule has 0 spiro atoms. The van der Waals surface area contributed by atoms with Crippen LogP contribution in [0.25, 0.3) is 107 Å². The van der Waals surface area contributed by atoms with Gasteiger partial charge >= 0.3 is 0 Å². The lowest BCUT2D eigenvalue weighted by Crippen LogP contribution is -2.03. The Balaban J connectivity index is 1.24. The fourth-order valence-electron chi connectivity index (χ4n) is 8.71. The van der Waals surface area contributed by atoms with E-state index in [2.05, 4.69) is 161 Å². The second-order valence-electron chi connectivity index (χ2n) is 13.8. The van der Waals surface area contributed by atoms with Gasteiger partial charge in [0.1, 0.15) is 5.82 Å². The van der Waals surface area contributed by atoms with Crippen LogP contribution in [0.2, 0.25) is 0 Å². The molecular formula is C48H26N4S2. The average Bonchev–Trinajstić information content (AvgIpc) is 3.98. The number of thiophene rings is 2. The molecule has 0 fully saturated rings. The maximum absolute atomic E-state index is 9.76. The Morgan fingerprint density at radius 1 is 0.481 bits per heavy atom. The van der Waals surface area contributed by atoms with Crippen LogP contribution in [0.5, 0.6) is 0 Å². The van der Waals surface area contributed by atoms with Gasteiger partial charge < -0.3 is 4.57 Å². The third kappa shape index (κ3) is 4.02. The van der Waals surface area contributed by atoms with Gasteiger partial charge in [-0.2, -0.15) is 5.26 Å². The predicted octanol–water partition coefficient (Wildman–Crippen LogP) is 13.6. The predicted molar refractivity (Wildman–Crippen MR) is 229 cm³/mol. The Morgan fingerprint density at radius 2 is 1.00 bits per heavy atom. The van der Waals surface area contributed by atoms with E-state index in [1.165, 1.54) is 72.9 Å². The van der Waals surface area contributed by atoms with Crippen LogP contribution < -0.4 is 0 Å². The first-order valence-corrected chi connectivity index (χ1v) is 19.6. The van der Waals surface area contributed by atoms with Gasteiger partial charge in [0, 0.05) is 67.5 Å². The monoisotopic (exact) mass is 722 g/mol. The number of hydrogen-bond donors (Lipinski definition) is 0. The molecule has 5 heterocycles. The molecule has 0 N–H and O–H groups in total. The fourth-order valence-corrected chi connectivity index (χ4v) is 10.9. The smallest absolute Gasteiger partial charge is 0.138 e. The van der Waals surface area contributed by atoms with Gasteiger partial charge in [0.15, 0.2) is 0 Å². The molecule has 0 saturated heterocycles. The minimum absolute atomic E-state index is 0.632. The van der Waals surface area contributed by atoms with Crippen LogP contribution in [0.1, 0.15) is 5.56 Å². The number of benzene rings is 7. The first-order valence-electron chi connectivity index (χ1n) is 17.9. The molecule has 7 aromatic carbocycles. The summed E-state index contributed by atoms with van der Waals surface area (Å²) in [6.07, 6.45) is 2.06. The number of rotatable bonds is 3. The van der Waals surface area contributed by atoms with E-state index in [4.69, 9.17) is 4.98 Å². The molecule has 0 aliphatic heterocycles. The van der Waals surface area contributed by atoms with E-state index >= 15 is 0 Å². The zero-order valence-electron chi connectivity index (χ0n) is 28.6. The Bertz CT molecular complexity index is 3570. The molecule has 12 aromatic rings. The van der Waals surface area contributed by atoms with E-state index in [0.717, 1.165) is 33.7 Å². The summed E-state index contributed by atoms with van der Waals surface area (Å²) < 4.78 is 9.85. The average molecular weight is 723 g/mol. The molecular weight excluding hydrogens is 697 g/mol. The van der Waals surface area contributed by atoms with Crippen molar-refractivity contribution in [1.29, 1.82) is 5.26 Å². The van der Waals surface area contributed by atoms with Crippen LogP contribution >= 0.6 is 22.7 Å². The van der Waals surface area contributed by atoms with Crippen molar-refractivity contribution >= 4 is 107 Å². The Kier molecular flexibility index (Phi) is 6.12. The number of para-hydroxylation sites is 2. The van der Waals surface area contributed by atoms with Crippen LogP contribution in [0, 0.1) is 11.3 Å². The van der Waals surface area contributed by atoms with Gasteiger partial charge in [-0.3, -0.25) is 4.57 Å². The van der Waals surface area contributed by atoms with Crippen molar-refractivity contribution in [3.8, 4) is 28.7 Å². The molecule has 0 amide bonds. The van der Waals surface area contributed by atoms with Gasteiger partial charge in [-0.25, -0.2) is 4.98 Å². The summed E-state index contributed by atoms with van der Waals surface area (Å²) >= 11 is 3.67. The first kappa shape index (κ1) is 29.8. The molecule has 0 saturated carbocycles. The molecule has 0 aliphatic rings. The van der Waals surface area contributed by atoms with Crippen LogP contribution in [0.15, 0.2) is 158 Å². The summed E-state index contributed by atoms with van der Waals surface area (Å²) in [6.45, 7) is 0. The molecule has 0 atom stereocenters. The van der Waals surface area contributed by atoms with Gasteiger partial charge in [0.05, 0.1) is 45.6 Å². The van der Waals surface area contributed by atoms with Crippen molar-refractivity contribution in [1.82, 2.24) is 14.1 Å². The second-order valence-corrected chi connectivity index (χ2v) is 16.0. The molecule has 0 bridgehead atoms. The number of hydrogen-bond acceptors (Lipinski definition) is 4. The van der Waals surface area contributed by atoms with Gasteiger partial charge in [-0.15, -0.1) is 22.7 Å². The molecule has 250 valence electrons. The topological polar surface area (TPSA) is 46.5 Å². The summed E-state index contributed by atoms with van der Waals surface area (Å²) in [5.74, 6) is 0.846. The lowest BCUT2D eigenvalue weighted by molar-refractivity contribution is 1.06. The summed E-state index contributed by atoms with van der Waals surface area (Å²) in [5.41, 5.74) is 8.27. The molecule has 54 heavy (non-hydrogen) atoms. The third-order valence-corrected chi connectivity index (χ3v) is 13.3. The largest absolute Gasteiger partial charge is 0.306 e. The molecule has 0 aliphatic carbocycles. The van der Waals surface area contributed by atoms with E-state index in [-0.39, 0.29) is 0 Å². The SMILES string of the molecule is N#Cc1ccc(-c2cc(-n3c4ccccc4c4ccc5sc6ccccc6c5c43)ncc2-n2c3ccccc3c3ccc4sc5ccccc5c4c32)cc1. The minimum atomic E-state index is 0.632. The zero-order chi connectivity index (χ0) is 35.5. The van der Waals surface area contributed by atoms with Crippen LogP contribution in [0.4, 0.5) is 0 Å². The third-order valence-electron chi connectivity index (χ3n) is 11.0. The minimum Gasteiger partial charge on any atom is -0.306 e. The van der Waals surface area contributed by atoms with Crippen molar-refractivity contribution in [2.24, 2.45) is 0 Å². The number of aromatic nitrogens is 3. The second kappa shape index (κ2) is 11.1. The van der Waals surface area contributed by atoms with Crippen LogP contribution in [-0.4, -0.2) is 14.1 Å². The normalized spacial score (nSPS) is 12.1. The Hall–Kier alpha value is -6.78. The lowest BCUT2D eigenvalue weighted by atomic mass is 10.0. The van der Waals surface area contributed by atoms with E-state index in [1.807, 2.05) is 34.8 Å². The molecule has 12 rings (SSSR count). The van der Waals surface area contributed by atoms with E-state index in [1.54, 1.807) is 0 Å². The highest BCUT2D eigenvalue weighted by Crippen LogP contribution is 2.46. The number of nitriles is 1. The van der Waals surface area contributed by atoms with E-state index in [9.17, 15) is 5.26 Å². The van der Waals surface area contributed by atoms with Gasteiger partial charge in [-0.1, -0.05) is 97.1 Å². The van der Waals surface area contributed by atoms with E-state index in [0.29, 0.717) is 5.56 Å². The number of fused-ring (bicyclic) bond motifs is 14. The van der Waals surface area contributed by atoms with Crippen LogP contribution in [-0.2, 0) is 0 Å². The maximum atomic E-state index is 9.76. The van der Waals surface area contributed by atoms with Gasteiger partial charge in [0.2, 0.25) is 0 Å². The Labute approximate surface area is 316 Å². The Morgan fingerprint density at radius 3 is 1.59 bits per heavy atom. The zero-order valence-corrected chi connectivity index (χ0v) is 30.2. The highest BCUT2D eigenvalue weighted by atomic mass is 32.1. The first-order chi connectivity index (χ1) is 26.7. The van der Waals surface area contributed by atoms with Crippen molar-refractivity contribution in [3.05, 3.63) is 163 Å². The van der Waals surface area contributed by atoms with E-state index < -0.39 is 0 Å². The summed E-state index contributed by atoms with van der Waals surface area (Å²) in [6, 6.07) is 56.4. The van der Waals surface area contributed by atoms with Gasteiger partial charge in [-0.05, 0) is 60.2 Å².